The van der Waals surface area contributed by atoms with Crippen LogP contribution in [-0.4, -0.2) is 16.1 Å². The fourth-order valence-corrected chi connectivity index (χ4v) is 26.8. The molecule has 0 atom stereocenters. The molecule has 0 aliphatic heterocycles. The van der Waals surface area contributed by atoms with Crippen LogP contribution < -0.4 is 9.80 Å². The van der Waals surface area contributed by atoms with Crippen LogP contribution in [0.25, 0.3) is 87.3 Å². The Morgan fingerprint density at radius 1 is 0.329 bits per heavy atom. The Balaban J connectivity index is 1.03. The molecule has 0 spiro atoms. The summed E-state index contributed by atoms with van der Waals surface area (Å²) in [4.78, 5) is 4.85. The topological polar surface area (TPSA) is 32.8 Å². The SMILES string of the molecule is C[Si](C)(C)C1([Si](C)(C)C)c2c(ccc3cc(N(c4ccccc4)c4cccc5oc6ccccc6c45)ccc23)-c2c1c1ccc(N(c3ccccc3)c3cccc4oc5ccccc5c34)cc1c1ccccc21. The first kappa shape index (κ1) is 43.6. The lowest BCUT2D eigenvalue weighted by atomic mass is 9.91. The Bertz CT molecular complexity index is 4360. The minimum atomic E-state index is -2.19. The monoisotopic (exact) mass is 974 g/mol. The second-order valence-corrected chi connectivity index (χ2v) is 33.0. The van der Waals surface area contributed by atoms with E-state index in [1.54, 1.807) is 0 Å². The first-order valence-corrected chi connectivity index (χ1v) is 32.6. The molecule has 4 nitrogen and oxygen atoms in total. The zero-order valence-electron chi connectivity index (χ0n) is 42.0. The van der Waals surface area contributed by atoms with E-state index in [4.69, 9.17) is 8.83 Å². The molecule has 73 heavy (non-hydrogen) atoms. The summed E-state index contributed by atoms with van der Waals surface area (Å²) in [5.74, 6) is 0. The maximum Gasteiger partial charge on any atom is 0.137 e. The first-order valence-electron chi connectivity index (χ1n) is 25.6. The fourth-order valence-electron chi connectivity index (χ4n) is 13.7. The van der Waals surface area contributed by atoms with Gasteiger partial charge in [0.2, 0.25) is 0 Å². The fraction of sp³-hybridized carbons (Fsp3) is 0.104. The van der Waals surface area contributed by atoms with Crippen LogP contribution >= 0.6 is 0 Å². The van der Waals surface area contributed by atoms with E-state index in [2.05, 4.69) is 267 Å². The van der Waals surface area contributed by atoms with Crippen LogP contribution in [0.3, 0.4) is 0 Å². The van der Waals surface area contributed by atoms with Gasteiger partial charge in [0.25, 0.3) is 0 Å². The third-order valence-corrected chi connectivity index (χ3v) is 26.1. The van der Waals surface area contributed by atoms with Gasteiger partial charge in [-0.05, 0) is 140 Å². The van der Waals surface area contributed by atoms with Gasteiger partial charge in [0.05, 0.1) is 38.3 Å². The molecule has 0 N–H and O–H groups in total. The number of hydrogen-bond donors (Lipinski definition) is 0. The van der Waals surface area contributed by atoms with Crippen LogP contribution in [0.15, 0.2) is 227 Å². The molecular formula is C67H54N2O2Si2. The average molecular weight is 975 g/mol. The molecule has 0 radical (unpaired) electrons. The van der Waals surface area contributed by atoms with E-state index in [-0.39, 0.29) is 4.66 Å². The lowest BCUT2D eigenvalue weighted by molar-refractivity contribution is 0.668. The zero-order chi connectivity index (χ0) is 49.4. The van der Waals surface area contributed by atoms with E-state index in [9.17, 15) is 0 Å². The second-order valence-electron chi connectivity index (χ2n) is 22.0. The van der Waals surface area contributed by atoms with Gasteiger partial charge in [0.15, 0.2) is 0 Å². The Kier molecular flexibility index (Phi) is 9.51. The number of hydrogen-bond acceptors (Lipinski definition) is 4. The number of benzene rings is 11. The van der Waals surface area contributed by atoms with Gasteiger partial charge in [0.1, 0.15) is 22.3 Å². The normalized spacial score (nSPS) is 13.5. The quantitative estimate of drug-likeness (QED) is 0.112. The summed E-state index contributed by atoms with van der Waals surface area (Å²) < 4.78 is 12.8. The molecule has 0 saturated heterocycles. The van der Waals surface area contributed by atoms with E-state index in [1.165, 1.54) is 54.6 Å². The molecule has 2 heterocycles. The number of furan rings is 2. The van der Waals surface area contributed by atoms with E-state index in [0.717, 1.165) is 78.0 Å². The van der Waals surface area contributed by atoms with Crippen molar-refractivity contribution in [3.8, 4) is 11.1 Å². The van der Waals surface area contributed by atoms with Crippen LogP contribution in [0, 0.1) is 0 Å². The summed E-state index contributed by atoms with van der Waals surface area (Å²) in [5, 5.41) is 12.3. The standard InChI is InChI=1S/C67H54N2O2Si2/c1-72(2,3)67(73(4,5)6)65-48-39-36-46(68(44-21-9-7-10-22-44)56-29-19-33-60-63(56)52-27-15-17-31-58(52)70-60)41-43(48)35-38-54(65)62-50-26-14-13-25-49(50)55-42-47(37-40-51(55)66(62)67)69(45-23-11-8-12-24-45)57-30-20-34-61-64(57)53-28-16-18-32-59(53)71-61/h7-42H,1-6H3. The van der Waals surface area contributed by atoms with Crippen LogP contribution in [0.2, 0.25) is 39.3 Å². The van der Waals surface area contributed by atoms with Gasteiger partial charge in [-0.1, -0.05) is 173 Å². The van der Waals surface area contributed by atoms with Crippen LogP contribution in [0.5, 0.6) is 0 Å². The Hall–Kier alpha value is -8.17. The number of rotatable bonds is 8. The largest absolute Gasteiger partial charge is 0.456 e. The molecule has 0 fully saturated rings. The molecule has 1 aliphatic carbocycles. The van der Waals surface area contributed by atoms with Gasteiger partial charge < -0.3 is 18.6 Å². The highest BCUT2D eigenvalue weighted by Crippen LogP contribution is 2.63. The lowest BCUT2D eigenvalue weighted by Gasteiger charge is -2.52. The second kappa shape index (κ2) is 15.9. The maximum absolute atomic E-state index is 6.50. The van der Waals surface area contributed by atoms with Crippen LogP contribution in [0.4, 0.5) is 34.1 Å². The van der Waals surface area contributed by atoms with Crippen LogP contribution in [0.1, 0.15) is 11.1 Å². The van der Waals surface area contributed by atoms with Gasteiger partial charge in [-0.3, -0.25) is 0 Å². The van der Waals surface area contributed by atoms with Crippen molar-refractivity contribution < 1.29 is 8.83 Å². The van der Waals surface area contributed by atoms with Gasteiger partial charge in [-0.15, -0.1) is 0 Å². The number of para-hydroxylation sites is 4. The van der Waals surface area contributed by atoms with Crippen molar-refractivity contribution >= 4 is 126 Å². The number of anilines is 6. The van der Waals surface area contributed by atoms with E-state index in [1.807, 2.05) is 0 Å². The first-order chi connectivity index (χ1) is 35.5. The van der Waals surface area contributed by atoms with E-state index >= 15 is 0 Å². The van der Waals surface area contributed by atoms with Gasteiger partial charge in [-0.2, -0.15) is 0 Å². The number of nitrogens with zero attached hydrogens (tertiary/aromatic N) is 2. The zero-order valence-corrected chi connectivity index (χ0v) is 44.0. The predicted molar refractivity (Wildman–Crippen MR) is 316 cm³/mol. The molecule has 2 aromatic heterocycles. The molecule has 13 aromatic rings. The summed E-state index contributed by atoms with van der Waals surface area (Å²) in [6.45, 7) is 15.9. The van der Waals surface area contributed by atoms with Crippen molar-refractivity contribution in [1.29, 1.82) is 0 Å². The van der Waals surface area contributed by atoms with E-state index in [0.29, 0.717) is 0 Å². The molecule has 0 saturated carbocycles. The molecule has 6 heteroatoms. The van der Waals surface area contributed by atoms with Crippen molar-refractivity contribution in [2.75, 3.05) is 9.80 Å². The molecule has 14 rings (SSSR count). The van der Waals surface area contributed by atoms with Crippen molar-refractivity contribution in [1.82, 2.24) is 0 Å². The molecule has 0 bridgehead atoms. The van der Waals surface area contributed by atoms with Crippen molar-refractivity contribution in [2.45, 2.75) is 43.9 Å². The molecular weight excluding hydrogens is 921 g/mol. The molecule has 1 aliphatic rings. The highest BCUT2D eigenvalue weighted by Gasteiger charge is 2.60. The minimum absolute atomic E-state index is 0.156. The molecule has 11 aromatic carbocycles. The Morgan fingerprint density at radius 2 is 0.795 bits per heavy atom. The Morgan fingerprint density at radius 3 is 1.34 bits per heavy atom. The molecule has 0 amide bonds. The highest BCUT2D eigenvalue weighted by molar-refractivity contribution is 7.00. The third kappa shape index (κ3) is 6.24. The smallest absolute Gasteiger partial charge is 0.137 e. The maximum atomic E-state index is 6.50. The summed E-state index contributed by atoms with van der Waals surface area (Å²) in [7, 11) is -4.39. The third-order valence-electron chi connectivity index (χ3n) is 16.1. The van der Waals surface area contributed by atoms with Crippen molar-refractivity contribution in [2.24, 2.45) is 0 Å². The average Bonchev–Trinajstić information content (AvgIpc) is 4.09. The Labute approximate surface area is 427 Å². The minimum Gasteiger partial charge on any atom is -0.456 e. The summed E-state index contributed by atoms with van der Waals surface area (Å²) in [6, 6.07) is 80.1. The number of fused-ring (bicyclic) bond motifs is 16. The summed E-state index contributed by atoms with van der Waals surface area (Å²) in [6.07, 6.45) is 0. The van der Waals surface area contributed by atoms with Gasteiger partial charge in [-0.25, -0.2) is 0 Å². The molecule has 0 unspecified atom stereocenters. The van der Waals surface area contributed by atoms with Crippen molar-refractivity contribution in [3.63, 3.8) is 0 Å². The summed E-state index contributed by atoms with van der Waals surface area (Å²) in [5.41, 5.74) is 16.1. The van der Waals surface area contributed by atoms with Crippen LogP contribution in [-0.2, 0) is 4.66 Å². The predicted octanol–water partition coefficient (Wildman–Crippen LogP) is 19.9. The highest BCUT2D eigenvalue weighted by atomic mass is 28.4. The summed E-state index contributed by atoms with van der Waals surface area (Å²) >= 11 is 0. The molecule has 352 valence electrons. The van der Waals surface area contributed by atoms with Gasteiger partial charge in [0, 0.05) is 38.2 Å². The van der Waals surface area contributed by atoms with E-state index < -0.39 is 16.1 Å². The lowest BCUT2D eigenvalue weighted by Crippen LogP contribution is -2.63. The van der Waals surface area contributed by atoms with Gasteiger partial charge >= 0.3 is 0 Å². The van der Waals surface area contributed by atoms with Crippen molar-refractivity contribution in [3.05, 3.63) is 230 Å².